The number of pyridine rings is 1. The van der Waals surface area contributed by atoms with Gasteiger partial charge in [0.15, 0.2) is 17.3 Å². The van der Waals surface area contributed by atoms with Gasteiger partial charge in [0.25, 0.3) is 5.91 Å². The minimum atomic E-state index is -1.40. The number of piperidine rings is 1. The summed E-state index contributed by atoms with van der Waals surface area (Å²) in [6.45, 7) is 1.44. The number of aromatic carboxylic acids is 1. The molecule has 3 unspecified atom stereocenters. The van der Waals surface area contributed by atoms with Crippen molar-refractivity contribution in [2.75, 3.05) is 53.0 Å². The highest BCUT2D eigenvalue weighted by Crippen LogP contribution is 2.46. The summed E-state index contributed by atoms with van der Waals surface area (Å²) in [7, 11) is 6.04. The van der Waals surface area contributed by atoms with Crippen LogP contribution >= 0.6 is 11.6 Å². The van der Waals surface area contributed by atoms with Crippen LogP contribution in [0.3, 0.4) is 0 Å². The van der Waals surface area contributed by atoms with Crippen LogP contribution in [0.25, 0.3) is 10.9 Å². The average Bonchev–Trinajstić information content (AvgIpc) is 3.91. The standard InChI is InChI=1S/C38H41ClFN5O8/c1-50-28-16-26-31(34(46)25(38(48)49)18-45(26)24-11-12-24)32(40)33(28)43-17-21-6-5-13-44(27(21)19-43)36(41-42-37(47)20-7-9-23(39)10-8-20)22-14-29(51-2)35(53-4)30(15-22)52-3/h7-10,14-16,18,21,24,27,36,41H,5-6,11-13,17,19H2,1-4H3,(H,42,47)(H,48,49). The molecule has 13 nitrogen and oxygen atoms in total. The third-order valence-corrected chi connectivity index (χ3v) is 10.7. The van der Waals surface area contributed by atoms with Crippen LogP contribution in [0, 0.1) is 11.7 Å². The van der Waals surface area contributed by atoms with E-state index < -0.39 is 28.9 Å². The van der Waals surface area contributed by atoms with E-state index >= 15 is 4.39 Å². The van der Waals surface area contributed by atoms with Gasteiger partial charge in [-0.1, -0.05) is 11.6 Å². The van der Waals surface area contributed by atoms with E-state index in [1.807, 2.05) is 17.0 Å². The summed E-state index contributed by atoms with van der Waals surface area (Å²) in [6.07, 6.45) is 3.97. The lowest BCUT2D eigenvalue weighted by Crippen LogP contribution is -2.54. The normalized spacial score (nSPS) is 19.1. The van der Waals surface area contributed by atoms with Gasteiger partial charge in [-0.3, -0.25) is 19.9 Å². The van der Waals surface area contributed by atoms with Crippen molar-refractivity contribution in [2.45, 2.75) is 43.9 Å². The molecule has 1 aromatic heterocycles. The number of amides is 1. The van der Waals surface area contributed by atoms with Crippen molar-refractivity contribution in [1.82, 2.24) is 20.3 Å². The molecule has 15 heteroatoms. The Hall–Kier alpha value is -5.05. The van der Waals surface area contributed by atoms with E-state index in [-0.39, 0.29) is 40.7 Å². The second kappa shape index (κ2) is 14.8. The van der Waals surface area contributed by atoms with E-state index in [1.54, 1.807) is 34.9 Å². The number of likely N-dealkylation sites (tertiary alicyclic amines) is 1. The van der Waals surface area contributed by atoms with Gasteiger partial charge in [0.1, 0.15) is 23.2 Å². The predicted molar refractivity (Wildman–Crippen MR) is 196 cm³/mol. The van der Waals surface area contributed by atoms with Gasteiger partial charge < -0.3 is 33.5 Å². The molecule has 3 aromatic carbocycles. The molecule has 1 aliphatic carbocycles. The first-order valence-corrected chi connectivity index (χ1v) is 17.8. The SMILES string of the molecule is COc1cc(C(NNC(=O)c2ccc(Cl)cc2)N2CCCC3CN(c4c(OC)cc5c(c4F)c(=O)c(C(=O)O)cn5C4CC4)CC32)cc(OC)c1OC. The van der Waals surface area contributed by atoms with Gasteiger partial charge in [-0.15, -0.1) is 0 Å². The molecule has 0 bridgehead atoms. The van der Waals surface area contributed by atoms with Crippen molar-refractivity contribution in [3.05, 3.63) is 86.4 Å². The summed E-state index contributed by atoms with van der Waals surface area (Å²) in [5.41, 5.74) is 6.32. The zero-order valence-electron chi connectivity index (χ0n) is 29.8. The van der Waals surface area contributed by atoms with Crippen LogP contribution in [0.2, 0.25) is 5.02 Å². The molecular formula is C38H41ClFN5O8. The number of fused-ring (bicyclic) bond motifs is 2. The summed E-state index contributed by atoms with van der Waals surface area (Å²) in [5.74, 6) is -0.985. The Morgan fingerprint density at radius 2 is 1.62 bits per heavy atom. The molecule has 1 saturated carbocycles. The smallest absolute Gasteiger partial charge is 0.341 e. The maximum Gasteiger partial charge on any atom is 0.341 e. The first-order valence-electron chi connectivity index (χ1n) is 17.4. The van der Waals surface area contributed by atoms with Crippen LogP contribution in [-0.4, -0.2) is 80.6 Å². The molecule has 0 radical (unpaired) electrons. The fourth-order valence-electron chi connectivity index (χ4n) is 7.83. The maximum atomic E-state index is 16.9. The summed E-state index contributed by atoms with van der Waals surface area (Å²) in [6, 6.07) is 11.6. The summed E-state index contributed by atoms with van der Waals surface area (Å²) < 4.78 is 41.3. The first-order chi connectivity index (χ1) is 25.6. The van der Waals surface area contributed by atoms with E-state index in [0.29, 0.717) is 58.5 Å². The highest BCUT2D eigenvalue weighted by Gasteiger charge is 2.44. The number of nitrogens with one attached hydrogen (secondary N) is 2. The van der Waals surface area contributed by atoms with Crippen molar-refractivity contribution in [3.8, 4) is 23.0 Å². The Morgan fingerprint density at radius 1 is 0.943 bits per heavy atom. The molecule has 3 fully saturated rings. The zero-order chi connectivity index (χ0) is 37.6. The number of rotatable bonds is 12. The maximum absolute atomic E-state index is 16.9. The Bertz CT molecular complexity index is 2100. The number of hydrogen-bond acceptors (Lipinski definition) is 10. The van der Waals surface area contributed by atoms with Gasteiger partial charge in [0.05, 0.1) is 39.3 Å². The number of nitrogens with zero attached hydrogens (tertiary/aromatic N) is 3. The van der Waals surface area contributed by atoms with Crippen molar-refractivity contribution in [1.29, 1.82) is 0 Å². The highest BCUT2D eigenvalue weighted by atomic mass is 35.5. The third kappa shape index (κ3) is 6.70. The van der Waals surface area contributed by atoms with Crippen molar-refractivity contribution in [3.63, 3.8) is 0 Å². The van der Waals surface area contributed by atoms with Crippen molar-refractivity contribution in [2.24, 2.45) is 5.92 Å². The van der Waals surface area contributed by atoms with E-state index in [2.05, 4.69) is 15.8 Å². The Morgan fingerprint density at radius 3 is 2.23 bits per heavy atom. The van der Waals surface area contributed by atoms with E-state index in [9.17, 15) is 19.5 Å². The highest BCUT2D eigenvalue weighted by molar-refractivity contribution is 6.30. The van der Waals surface area contributed by atoms with Crippen molar-refractivity contribution < 1.29 is 38.0 Å². The van der Waals surface area contributed by atoms with Crippen LogP contribution in [0.15, 0.2) is 53.5 Å². The van der Waals surface area contributed by atoms with Crippen molar-refractivity contribution >= 4 is 40.1 Å². The minimum Gasteiger partial charge on any atom is -0.494 e. The number of carboxylic acids is 1. The molecule has 3 atom stereocenters. The molecule has 2 aliphatic heterocycles. The van der Waals surface area contributed by atoms with Crippen LogP contribution < -0.4 is 40.1 Å². The lowest BCUT2D eigenvalue weighted by atomic mass is 9.91. The summed E-state index contributed by atoms with van der Waals surface area (Å²) in [4.78, 5) is 43.1. The largest absolute Gasteiger partial charge is 0.494 e. The number of anilines is 1. The van der Waals surface area contributed by atoms with Gasteiger partial charge in [-0.2, -0.15) is 0 Å². The number of benzene rings is 3. The minimum absolute atomic E-state index is 0.0193. The molecule has 3 heterocycles. The fourth-order valence-corrected chi connectivity index (χ4v) is 7.95. The van der Waals surface area contributed by atoms with Gasteiger partial charge in [0, 0.05) is 54.6 Å². The second-order valence-electron chi connectivity index (χ2n) is 13.5. The van der Waals surface area contributed by atoms with Gasteiger partial charge in [0.2, 0.25) is 11.2 Å². The number of aromatic nitrogens is 1. The molecule has 53 heavy (non-hydrogen) atoms. The quantitative estimate of drug-likeness (QED) is 0.160. The predicted octanol–water partition coefficient (Wildman–Crippen LogP) is 5.40. The molecule has 3 aliphatic rings. The zero-order valence-corrected chi connectivity index (χ0v) is 30.5. The molecule has 280 valence electrons. The number of hydrogen-bond donors (Lipinski definition) is 3. The van der Waals surface area contributed by atoms with Gasteiger partial charge in [-0.25, -0.2) is 14.6 Å². The van der Waals surface area contributed by atoms with Crippen LogP contribution in [0.4, 0.5) is 10.1 Å². The second-order valence-corrected chi connectivity index (χ2v) is 14.0. The number of carbonyl (C=O) groups is 2. The number of hydrazine groups is 1. The molecular weight excluding hydrogens is 709 g/mol. The average molecular weight is 750 g/mol. The Balaban J connectivity index is 1.28. The number of carbonyl (C=O) groups excluding carboxylic acids is 1. The Labute approximate surface area is 310 Å². The van der Waals surface area contributed by atoms with Crippen LogP contribution in [0.5, 0.6) is 23.0 Å². The molecule has 0 spiro atoms. The van der Waals surface area contributed by atoms with Gasteiger partial charge >= 0.3 is 5.97 Å². The number of halogens is 2. The molecule has 7 rings (SSSR count). The van der Waals surface area contributed by atoms with E-state index in [4.69, 9.17) is 30.5 Å². The fraction of sp³-hybridized carbons (Fsp3) is 0.395. The Kier molecular flexibility index (Phi) is 10.1. The lowest BCUT2D eigenvalue weighted by Gasteiger charge is -2.42. The monoisotopic (exact) mass is 749 g/mol. The number of carboxylic acid groups (broad SMARTS) is 1. The molecule has 1 amide bonds. The number of ether oxygens (including phenoxy) is 4. The molecule has 3 N–H and O–H groups in total. The lowest BCUT2D eigenvalue weighted by molar-refractivity contribution is 0.0484. The molecule has 2 saturated heterocycles. The molecule has 4 aromatic rings. The topological polar surface area (TPSA) is 144 Å². The third-order valence-electron chi connectivity index (χ3n) is 10.5. The van der Waals surface area contributed by atoms with E-state index in [0.717, 1.165) is 25.7 Å². The summed E-state index contributed by atoms with van der Waals surface area (Å²) in [5, 5.41) is 10.1. The van der Waals surface area contributed by atoms with Gasteiger partial charge in [-0.05, 0) is 73.6 Å². The summed E-state index contributed by atoms with van der Waals surface area (Å²) >= 11 is 6.06. The first kappa shape index (κ1) is 36.3. The van der Waals surface area contributed by atoms with Crippen LogP contribution in [-0.2, 0) is 0 Å². The van der Waals surface area contributed by atoms with Crippen LogP contribution in [0.1, 0.15) is 64.2 Å². The number of methoxy groups -OCH3 is 4. The van der Waals surface area contributed by atoms with E-state index in [1.165, 1.54) is 34.6 Å².